The first-order chi connectivity index (χ1) is 9.61. The topological polar surface area (TPSA) is 55.3 Å². The zero-order valence-electron chi connectivity index (χ0n) is 11.7. The van der Waals surface area contributed by atoms with Crippen LogP contribution in [0.5, 0.6) is 0 Å². The predicted molar refractivity (Wildman–Crippen MR) is 79.3 cm³/mol. The molecule has 106 valence electrons. The molecule has 0 aromatic carbocycles. The van der Waals surface area contributed by atoms with Crippen LogP contribution in [-0.2, 0) is 11.2 Å². The van der Waals surface area contributed by atoms with Gasteiger partial charge in [0.05, 0.1) is 19.5 Å². The first-order valence-corrected chi connectivity index (χ1v) is 7.15. The van der Waals surface area contributed by atoms with Crippen molar-refractivity contribution in [2.45, 2.75) is 19.4 Å². The quantitative estimate of drug-likeness (QED) is 0.792. The molecule has 0 amide bonds. The Balaban J connectivity index is 2.11. The summed E-state index contributed by atoms with van der Waals surface area (Å²) in [5, 5.41) is 2.07. The highest BCUT2D eigenvalue weighted by Crippen LogP contribution is 2.17. The van der Waals surface area contributed by atoms with Crippen LogP contribution in [0.15, 0.2) is 29.9 Å². The zero-order chi connectivity index (χ0) is 14.5. The Morgan fingerprint density at radius 3 is 2.95 bits per heavy atom. The number of nitrogens with zero attached hydrogens (tertiary/aromatic N) is 3. The fourth-order valence-electron chi connectivity index (χ4n) is 1.81. The minimum atomic E-state index is -0.473. The summed E-state index contributed by atoms with van der Waals surface area (Å²) in [6, 6.07) is 4.42. The molecule has 0 N–H and O–H groups in total. The van der Waals surface area contributed by atoms with Gasteiger partial charge >= 0.3 is 5.97 Å². The number of aromatic nitrogens is 2. The van der Waals surface area contributed by atoms with E-state index in [0.717, 1.165) is 6.42 Å². The lowest BCUT2D eigenvalue weighted by Crippen LogP contribution is -2.31. The van der Waals surface area contributed by atoms with Crippen LogP contribution in [0, 0.1) is 0 Å². The fourth-order valence-corrected chi connectivity index (χ4v) is 2.64. The molecule has 1 atom stereocenters. The minimum absolute atomic E-state index is 0.222. The molecule has 6 heteroatoms. The first kappa shape index (κ1) is 14.5. The minimum Gasteiger partial charge on any atom is -0.464 e. The lowest BCUT2D eigenvalue weighted by Gasteiger charge is -2.25. The van der Waals surface area contributed by atoms with E-state index in [4.69, 9.17) is 0 Å². The molecule has 0 spiro atoms. The van der Waals surface area contributed by atoms with Gasteiger partial charge in [0.15, 0.2) is 5.69 Å². The largest absolute Gasteiger partial charge is 0.464 e. The maximum absolute atomic E-state index is 11.5. The fraction of sp³-hybridized carbons (Fsp3) is 0.357. The average Bonchev–Trinajstić information content (AvgIpc) is 2.98. The van der Waals surface area contributed by atoms with Gasteiger partial charge in [0.2, 0.25) is 0 Å². The number of rotatable bonds is 5. The number of anilines is 1. The van der Waals surface area contributed by atoms with Crippen LogP contribution >= 0.6 is 11.3 Å². The second-order valence-electron chi connectivity index (χ2n) is 4.50. The van der Waals surface area contributed by atoms with E-state index in [1.54, 1.807) is 17.5 Å². The van der Waals surface area contributed by atoms with Gasteiger partial charge in [0.1, 0.15) is 5.82 Å². The third-order valence-corrected chi connectivity index (χ3v) is 4.01. The monoisotopic (exact) mass is 291 g/mol. The van der Waals surface area contributed by atoms with Crippen LogP contribution in [0.2, 0.25) is 0 Å². The highest BCUT2D eigenvalue weighted by molar-refractivity contribution is 7.09. The maximum atomic E-state index is 11.5. The average molecular weight is 291 g/mol. The Morgan fingerprint density at radius 2 is 2.30 bits per heavy atom. The van der Waals surface area contributed by atoms with Crippen molar-refractivity contribution >= 4 is 23.1 Å². The molecule has 20 heavy (non-hydrogen) atoms. The van der Waals surface area contributed by atoms with E-state index in [-0.39, 0.29) is 11.7 Å². The molecule has 2 rings (SSSR count). The number of hydrogen-bond acceptors (Lipinski definition) is 6. The van der Waals surface area contributed by atoms with Gasteiger partial charge < -0.3 is 9.64 Å². The van der Waals surface area contributed by atoms with E-state index < -0.39 is 5.97 Å². The second-order valence-corrected chi connectivity index (χ2v) is 5.53. The number of likely N-dealkylation sites (N-methyl/N-ethyl adjacent to an activating group) is 1. The smallest absolute Gasteiger partial charge is 0.358 e. The summed E-state index contributed by atoms with van der Waals surface area (Å²) in [5.41, 5.74) is 0.222. The Hall–Kier alpha value is -1.95. The van der Waals surface area contributed by atoms with Gasteiger partial charge in [-0.25, -0.2) is 9.78 Å². The normalized spacial score (nSPS) is 11.9. The van der Waals surface area contributed by atoms with E-state index in [1.165, 1.54) is 18.2 Å². The van der Waals surface area contributed by atoms with Crippen molar-refractivity contribution in [2.24, 2.45) is 0 Å². The van der Waals surface area contributed by atoms with E-state index in [0.29, 0.717) is 5.82 Å². The molecular formula is C14H17N3O2S. The first-order valence-electron chi connectivity index (χ1n) is 6.27. The van der Waals surface area contributed by atoms with Gasteiger partial charge in [0, 0.05) is 24.4 Å². The number of carbonyl (C=O) groups excluding carboxylic acids is 1. The number of thiophene rings is 1. The van der Waals surface area contributed by atoms with Crippen molar-refractivity contribution in [1.29, 1.82) is 0 Å². The molecule has 1 unspecified atom stereocenters. The van der Waals surface area contributed by atoms with Crippen LogP contribution in [0.1, 0.15) is 22.3 Å². The summed E-state index contributed by atoms with van der Waals surface area (Å²) in [7, 11) is 3.28. The van der Waals surface area contributed by atoms with E-state index >= 15 is 0 Å². The summed E-state index contributed by atoms with van der Waals surface area (Å²) in [5.74, 6) is 0.190. The molecule has 0 saturated carbocycles. The molecule has 0 aliphatic heterocycles. The van der Waals surface area contributed by atoms with E-state index in [2.05, 4.69) is 33.1 Å². The Bertz CT molecular complexity index is 572. The second kappa shape index (κ2) is 6.47. The van der Waals surface area contributed by atoms with E-state index in [9.17, 15) is 4.79 Å². The summed E-state index contributed by atoms with van der Waals surface area (Å²) >= 11 is 1.74. The Labute approximate surface area is 122 Å². The number of methoxy groups -OCH3 is 1. The van der Waals surface area contributed by atoms with Gasteiger partial charge in [-0.1, -0.05) is 6.07 Å². The summed E-state index contributed by atoms with van der Waals surface area (Å²) in [6.45, 7) is 2.12. The van der Waals surface area contributed by atoms with Gasteiger partial charge in [-0.3, -0.25) is 4.98 Å². The molecule has 0 saturated heterocycles. The molecular weight excluding hydrogens is 274 g/mol. The highest BCUT2D eigenvalue weighted by Gasteiger charge is 2.15. The zero-order valence-corrected chi connectivity index (χ0v) is 12.6. The lowest BCUT2D eigenvalue weighted by molar-refractivity contribution is 0.0593. The van der Waals surface area contributed by atoms with Crippen molar-refractivity contribution in [3.63, 3.8) is 0 Å². The molecule has 2 aromatic heterocycles. The van der Waals surface area contributed by atoms with Gasteiger partial charge in [-0.2, -0.15) is 0 Å². The number of esters is 1. The van der Waals surface area contributed by atoms with Gasteiger partial charge in [-0.05, 0) is 18.4 Å². The number of hydrogen-bond donors (Lipinski definition) is 0. The van der Waals surface area contributed by atoms with Crippen molar-refractivity contribution in [3.05, 3.63) is 40.5 Å². The van der Waals surface area contributed by atoms with Crippen LogP contribution in [0.4, 0.5) is 5.82 Å². The molecule has 2 heterocycles. The van der Waals surface area contributed by atoms with Crippen molar-refractivity contribution in [3.8, 4) is 0 Å². The third kappa shape index (κ3) is 3.33. The molecule has 2 aromatic rings. The van der Waals surface area contributed by atoms with Crippen molar-refractivity contribution in [1.82, 2.24) is 9.97 Å². The molecule has 5 nitrogen and oxygen atoms in total. The van der Waals surface area contributed by atoms with Crippen LogP contribution in [0.25, 0.3) is 0 Å². The van der Waals surface area contributed by atoms with Crippen LogP contribution < -0.4 is 4.90 Å². The van der Waals surface area contributed by atoms with Gasteiger partial charge in [-0.15, -0.1) is 11.3 Å². The Morgan fingerprint density at radius 1 is 1.50 bits per heavy atom. The summed E-state index contributed by atoms with van der Waals surface area (Å²) in [6.07, 6.45) is 3.99. The number of ether oxygens (including phenoxy) is 1. The summed E-state index contributed by atoms with van der Waals surface area (Å²) in [4.78, 5) is 23.1. The van der Waals surface area contributed by atoms with Crippen molar-refractivity contribution in [2.75, 3.05) is 19.1 Å². The Kier molecular flexibility index (Phi) is 4.68. The highest BCUT2D eigenvalue weighted by atomic mass is 32.1. The standard InChI is InChI=1S/C14H17N3O2S/c1-10(7-11-5-4-6-20-11)17(2)13-9-15-8-12(16-13)14(18)19-3/h4-6,8-10H,7H2,1-3H3. The molecule has 0 aliphatic rings. The SMILES string of the molecule is COC(=O)c1cncc(N(C)C(C)Cc2cccs2)n1. The van der Waals surface area contributed by atoms with Crippen molar-refractivity contribution < 1.29 is 9.53 Å². The lowest BCUT2D eigenvalue weighted by atomic mass is 10.2. The molecule has 0 aliphatic carbocycles. The summed E-state index contributed by atoms with van der Waals surface area (Å²) < 4.78 is 4.66. The predicted octanol–water partition coefficient (Wildman–Crippen LogP) is 2.39. The van der Waals surface area contributed by atoms with Crippen LogP contribution in [0.3, 0.4) is 0 Å². The van der Waals surface area contributed by atoms with Gasteiger partial charge in [0.25, 0.3) is 0 Å². The van der Waals surface area contributed by atoms with Crippen LogP contribution in [-0.4, -0.2) is 36.1 Å². The third-order valence-electron chi connectivity index (χ3n) is 3.12. The maximum Gasteiger partial charge on any atom is 0.358 e. The van der Waals surface area contributed by atoms with E-state index in [1.807, 2.05) is 18.0 Å². The molecule has 0 bridgehead atoms. The molecule has 0 fully saturated rings. The number of carbonyl (C=O) groups is 1. The molecule has 0 radical (unpaired) electrons.